The van der Waals surface area contributed by atoms with Crippen LogP contribution in [0.2, 0.25) is 0 Å². The number of hydrogen-bond donors (Lipinski definition) is 2. The summed E-state index contributed by atoms with van der Waals surface area (Å²) in [4.78, 5) is 11.9. The Morgan fingerprint density at radius 2 is 2.00 bits per heavy atom. The van der Waals surface area contributed by atoms with Gasteiger partial charge < -0.3 is 10.4 Å². The highest BCUT2D eigenvalue weighted by Crippen LogP contribution is 2.30. The minimum absolute atomic E-state index is 0.0418. The summed E-state index contributed by atoms with van der Waals surface area (Å²) in [6.07, 6.45) is -4.56. The van der Waals surface area contributed by atoms with Crippen molar-refractivity contribution in [2.75, 3.05) is 5.32 Å². The number of nitrogens with one attached hydrogen (secondary N) is 1. The van der Waals surface area contributed by atoms with Crippen LogP contribution in [0.5, 0.6) is 5.75 Å². The van der Waals surface area contributed by atoms with Crippen molar-refractivity contribution in [1.82, 2.24) is 9.78 Å². The maximum absolute atomic E-state index is 12.6. The molecule has 1 aromatic heterocycles. The number of phenols is 1. The number of nitrogens with zero attached hydrogens (tertiary/aromatic N) is 2. The monoisotopic (exact) mass is 299 g/mol. The van der Waals surface area contributed by atoms with Gasteiger partial charge >= 0.3 is 6.18 Å². The summed E-state index contributed by atoms with van der Waals surface area (Å²) in [5.41, 5.74) is -0.271. The number of phenolic OH excluding ortho intramolecular Hbond substituents is 1. The van der Waals surface area contributed by atoms with Crippen molar-refractivity contribution in [1.29, 1.82) is 0 Å². The van der Waals surface area contributed by atoms with Gasteiger partial charge in [0.05, 0.1) is 5.56 Å². The fraction of sp³-hybridized carbons (Fsp3) is 0.231. The van der Waals surface area contributed by atoms with Crippen LogP contribution < -0.4 is 5.32 Å². The van der Waals surface area contributed by atoms with E-state index in [9.17, 15) is 23.1 Å². The van der Waals surface area contributed by atoms with E-state index in [4.69, 9.17) is 0 Å². The second-order valence-electron chi connectivity index (χ2n) is 4.51. The smallest absolute Gasteiger partial charge is 0.433 e. The Balaban J connectivity index is 2.24. The lowest BCUT2D eigenvalue weighted by Gasteiger charge is -2.05. The van der Waals surface area contributed by atoms with E-state index in [0.29, 0.717) is 4.68 Å². The molecular formula is C13H12F3N3O2. The van der Waals surface area contributed by atoms with E-state index in [1.807, 2.05) is 0 Å². The third kappa shape index (κ3) is 3.15. The first-order chi connectivity index (χ1) is 9.68. The normalized spacial score (nSPS) is 11.5. The van der Waals surface area contributed by atoms with Crippen LogP contribution in [0.4, 0.5) is 19.0 Å². The second kappa shape index (κ2) is 5.12. The molecule has 0 atom stereocenters. The molecule has 0 bridgehead atoms. The number of alkyl halides is 3. The van der Waals surface area contributed by atoms with Crippen LogP contribution in [-0.4, -0.2) is 20.8 Å². The Bertz CT molecular complexity index is 692. The van der Waals surface area contributed by atoms with Crippen LogP contribution in [0.15, 0.2) is 24.3 Å². The van der Waals surface area contributed by atoms with Gasteiger partial charge in [-0.2, -0.15) is 18.3 Å². The quantitative estimate of drug-likeness (QED) is 0.896. The summed E-state index contributed by atoms with van der Waals surface area (Å²) < 4.78 is 38.5. The summed E-state index contributed by atoms with van der Waals surface area (Å²) in [5.74, 6) is -1.23. The van der Waals surface area contributed by atoms with Crippen molar-refractivity contribution in [2.45, 2.75) is 13.1 Å². The fourth-order valence-corrected chi connectivity index (χ4v) is 1.81. The maximum atomic E-state index is 12.6. The molecule has 0 saturated heterocycles. The molecule has 1 amide bonds. The first kappa shape index (κ1) is 14.9. The van der Waals surface area contributed by atoms with Gasteiger partial charge in [-0.05, 0) is 24.6 Å². The van der Waals surface area contributed by atoms with E-state index < -0.39 is 17.8 Å². The molecule has 0 saturated carbocycles. The number of aromatic nitrogens is 2. The number of aromatic hydroxyl groups is 1. The highest BCUT2D eigenvalue weighted by Gasteiger charge is 2.35. The van der Waals surface area contributed by atoms with Gasteiger partial charge in [-0.25, -0.2) is 0 Å². The number of halogens is 3. The van der Waals surface area contributed by atoms with Gasteiger partial charge in [0.2, 0.25) is 0 Å². The summed E-state index contributed by atoms with van der Waals surface area (Å²) >= 11 is 0. The van der Waals surface area contributed by atoms with Crippen LogP contribution in [0.1, 0.15) is 21.6 Å². The van der Waals surface area contributed by atoms with Crippen LogP contribution in [-0.2, 0) is 13.2 Å². The molecule has 1 heterocycles. The molecule has 21 heavy (non-hydrogen) atoms. The number of aryl methyl sites for hydroxylation is 2. The van der Waals surface area contributed by atoms with Gasteiger partial charge in [0, 0.05) is 13.1 Å². The van der Waals surface area contributed by atoms with E-state index in [2.05, 4.69) is 10.4 Å². The van der Waals surface area contributed by atoms with Gasteiger partial charge in [0.1, 0.15) is 11.4 Å². The van der Waals surface area contributed by atoms with Crippen molar-refractivity contribution in [3.05, 3.63) is 41.1 Å². The number of carbonyl (C=O) groups excluding carboxylic acids is 1. The largest absolute Gasteiger partial charge is 0.507 e. The van der Waals surface area contributed by atoms with Gasteiger partial charge in [0.15, 0.2) is 5.82 Å². The number of anilines is 1. The highest BCUT2D eigenvalue weighted by atomic mass is 19.4. The Labute approximate surface area is 118 Å². The summed E-state index contributed by atoms with van der Waals surface area (Å²) in [7, 11) is 1.13. The van der Waals surface area contributed by atoms with E-state index in [0.717, 1.165) is 18.7 Å². The molecule has 0 fully saturated rings. The Morgan fingerprint density at radius 1 is 1.33 bits per heavy atom. The Kier molecular flexibility index (Phi) is 3.63. The molecule has 0 spiro atoms. The maximum Gasteiger partial charge on any atom is 0.433 e. The van der Waals surface area contributed by atoms with Gasteiger partial charge in [-0.15, -0.1) is 0 Å². The first-order valence-corrected chi connectivity index (χ1v) is 5.90. The minimum atomic E-state index is -4.56. The van der Waals surface area contributed by atoms with Crippen molar-refractivity contribution >= 4 is 11.7 Å². The third-order valence-electron chi connectivity index (χ3n) is 2.81. The van der Waals surface area contributed by atoms with Gasteiger partial charge in [-0.3, -0.25) is 9.48 Å². The predicted molar refractivity (Wildman–Crippen MR) is 69.0 cm³/mol. The molecule has 2 rings (SSSR count). The van der Waals surface area contributed by atoms with Gasteiger partial charge in [-0.1, -0.05) is 6.07 Å². The molecule has 2 aromatic rings. The third-order valence-corrected chi connectivity index (χ3v) is 2.81. The lowest BCUT2D eigenvalue weighted by atomic mass is 10.1. The van der Waals surface area contributed by atoms with Crippen LogP contribution in [0.25, 0.3) is 0 Å². The van der Waals surface area contributed by atoms with Crippen molar-refractivity contribution in [3.63, 3.8) is 0 Å². The summed E-state index contributed by atoms with van der Waals surface area (Å²) in [5, 5.41) is 15.5. The molecule has 2 N–H and O–H groups in total. The Morgan fingerprint density at radius 3 is 2.52 bits per heavy atom. The highest BCUT2D eigenvalue weighted by molar-refractivity contribution is 6.05. The lowest BCUT2D eigenvalue weighted by molar-refractivity contribution is -0.143. The molecule has 5 nitrogen and oxygen atoms in total. The van der Waals surface area contributed by atoms with Crippen LogP contribution >= 0.6 is 0 Å². The number of benzene rings is 1. The molecule has 0 aliphatic heterocycles. The number of hydrogen-bond acceptors (Lipinski definition) is 3. The van der Waals surface area contributed by atoms with Crippen molar-refractivity contribution in [3.8, 4) is 5.75 Å². The second-order valence-corrected chi connectivity index (χ2v) is 4.51. The molecule has 0 aliphatic carbocycles. The van der Waals surface area contributed by atoms with Crippen molar-refractivity contribution < 1.29 is 23.1 Å². The van der Waals surface area contributed by atoms with Gasteiger partial charge in [0.25, 0.3) is 5.91 Å². The summed E-state index contributed by atoms with van der Waals surface area (Å²) in [6.45, 7) is 1.73. The molecule has 0 unspecified atom stereocenters. The number of carbonyl (C=O) groups is 1. The molecule has 8 heteroatoms. The van der Waals surface area contributed by atoms with Crippen LogP contribution in [0.3, 0.4) is 0 Å². The molecule has 0 radical (unpaired) electrons. The zero-order valence-corrected chi connectivity index (χ0v) is 11.2. The van der Waals surface area contributed by atoms with E-state index in [-0.39, 0.29) is 17.1 Å². The zero-order valence-electron chi connectivity index (χ0n) is 11.2. The molecule has 1 aromatic carbocycles. The minimum Gasteiger partial charge on any atom is -0.507 e. The Hall–Kier alpha value is -2.51. The fourth-order valence-electron chi connectivity index (χ4n) is 1.81. The van der Waals surface area contributed by atoms with E-state index in [1.165, 1.54) is 12.1 Å². The molecular weight excluding hydrogens is 287 g/mol. The molecule has 0 aliphatic rings. The lowest BCUT2D eigenvalue weighted by Crippen LogP contribution is -2.12. The number of rotatable bonds is 2. The molecule has 112 valence electrons. The zero-order chi connectivity index (χ0) is 15.8. The predicted octanol–water partition coefficient (Wildman–Crippen LogP) is 2.71. The SMILES string of the molecule is Cc1ccc(C(=O)Nc2cc(C(F)(F)F)n(C)n2)c(O)c1. The standard InChI is InChI=1S/C13H12F3N3O2/c1-7-3-4-8(9(20)5-7)12(21)17-11-6-10(13(14,15)16)19(2)18-11/h3-6,20H,1-2H3,(H,17,18,21). The number of amides is 1. The van der Waals surface area contributed by atoms with E-state index >= 15 is 0 Å². The van der Waals surface area contributed by atoms with Crippen LogP contribution in [0, 0.1) is 6.92 Å². The average molecular weight is 299 g/mol. The van der Waals surface area contributed by atoms with Crippen molar-refractivity contribution in [2.24, 2.45) is 7.05 Å². The topological polar surface area (TPSA) is 67.2 Å². The average Bonchev–Trinajstić information content (AvgIpc) is 2.69. The van der Waals surface area contributed by atoms with E-state index in [1.54, 1.807) is 13.0 Å². The first-order valence-electron chi connectivity index (χ1n) is 5.90. The summed E-state index contributed by atoms with van der Waals surface area (Å²) in [6, 6.07) is 5.10.